The Morgan fingerprint density at radius 3 is 2.00 bits per heavy atom. The zero-order chi connectivity index (χ0) is 21.3. The number of anilines is 3. The molecule has 0 saturated carbocycles. The van der Waals surface area contributed by atoms with E-state index in [1.165, 1.54) is 12.1 Å². The molecule has 8 heteroatoms. The lowest BCUT2D eigenvalue weighted by Crippen LogP contribution is -2.21. The predicted octanol–water partition coefficient (Wildman–Crippen LogP) is 4.89. The summed E-state index contributed by atoms with van der Waals surface area (Å²) in [5.41, 5.74) is 2.02. The Balaban J connectivity index is 1.48. The van der Waals surface area contributed by atoms with Crippen LogP contribution >= 0.6 is 15.9 Å². The van der Waals surface area contributed by atoms with Gasteiger partial charge in [0.05, 0.1) is 11.3 Å². The van der Waals surface area contributed by atoms with Gasteiger partial charge in [0.15, 0.2) is 6.61 Å². The number of benzene rings is 3. The molecule has 0 spiro atoms. The van der Waals surface area contributed by atoms with Crippen LogP contribution in [0.15, 0.2) is 83.3 Å². The zero-order valence-corrected chi connectivity index (χ0v) is 17.3. The lowest BCUT2D eigenvalue weighted by Gasteiger charge is -2.09. The molecule has 152 valence electrons. The van der Waals surface area contributed by atoms with Crippen LogP contribution in [0.5, 0.6) is 0 Å². The van der Waals surface area contributed by atoms with Gasteiger partial charge in [0, 0.05) is 15.8 Å². The molecule has 3 aromatic rings. The van der Waals surface area contributed by atoms with Gasteiger partial charge in [0.25, 0.3) is 5.91 Å². The molecule has 0 aliphatic rings. The number of hydrogen-bond acceptors (Lipinski definition) is 4. The van der Waals surface area contributed by atoms with Crippen LogP contribution in [0.3, 0.4) is 0 Å². The predicted molar refractivity (Wildman–Crippen MR) is 119 cm³/mol. The second-order valence-electron chi connectivity index (χ2n) is 6.13. The van der Waals surface area contributed by atoms with Crippen molar-refractivity contribution in [3.63, 3.8) is 0 Å². The van der Waals surface area contributed by atoms with E-state index in [9.17, 15) is 14.4 Å². The Kier molecular flexibility index (Phi) is 7.18. The molecule has 0 aliphatic heterocycles. The zero-order valence-electron chi connectivity index (χ0n) is 15.7. The van der Waals surface area contributed by atoms with E-state index in [-0.39, 0.29) is 5.56 Å². The summed E-state index contributed by atoms with van der Waals surface area (Å²) >= 11 is 3.33. The van der Waals surface area contributed by atoms with Crippen molar-refractivity contribution in [1.82, 2.24) is 0 Å². The van der Waals surface area contributed by atoms with Crippen LogP contribution in [0.1, 0.15) is 10.4 Å². The Bertz CT molecular complexity index is 1040. The largest absolute Gasteiger partial charge is 0.452 e. The van der Waals surface area contributed by atoms with Crippen molar-refractivity contribution in [2.45, 2.75) is 0 Å². The number of carbonyl (C=O) groups excluding carboxylic acids is 3. The maximum absolute atomic E-state index is 12.1. The summed E-state index contributed by atoms with van der Waals surface area (Å²) < 4.78 is 5.76. The minimum Gasteiger partial charge on any atom is -0.452 e. The molecule has 30 heavy (non-hydrogen) atoms. The Morgan fingerprint density at radius 2 is 1.33 bits per heavy atom. The number of urea groups is 1. The van der Waals surface area contributed by atoms with Crippen LogP contribution in [0.25, 0.3) is 0 Å². The number of rotatable bonds is 6. The van der Waals surface area contributed by atoms with Gasteiger partial charge in [0.2, 0.25) is 0 Å². The van der Waals surface area contributed by atoms with Crippen molar-refractivity contribution in [3.05, 3.63) is 88.9 Å². The molecule has 0 fully saturated rings. The van der Waals surface area contributed by atoms with E-state index in [2.05, 4.69) is 31.9 Å². The van der Waals surface area contributed by atoms with Gasteiger partial charge < -0.3 is 20.7 Å². The number of nitrogens with one attached hydrogen (secondary N) is 3. The summed E-state index contributed by atoms with van der Waals surface area (Å²) in [7, 11) is 0. The van der Waals surface area contributed by atoms with Crippen LogP contribution in [0.2, 0.25) is 0 Å². The molecule has 0 radical (unpaired) electrons. The molecule has 0 heterocycles. The number of esters is 1. The minimum absolute atomic E-state index is 0.262. The van der Waals surface area contributed by atoms with E-state index in [1.807, 2.05) is 24.3 Å². The summed E-state index contributed by atoms with van der Waals surface area (Å²) in [5.74, 6) is -1.09. The molecule has 3 amide bonds. The first-order valence-corrected chi connectivity index (χ1v) is 9.75. The molecule has 3 N–H and O–H groups in total. The highest BCUT2D eigenvalue weighted by Gasteiger charge is 2.12. The molecule has 7 nitrogen and oxygen atoms in total. The third kappa shape index (κ3) is 6.18. The second-order valence-corrected chi connectivity index (χ2v) is 6.98. The number of amides is 3. The maximum Gasteiger partial charge on any atom is 0.338 e. The molecular formula is C22H18BrN3O4. The van der Waals surface area contributed by atoms with Gasteiger partial charge in [-0.3, -0.25) is 4.79 Å². The molecule has 3 rings (SSSR count). The summed E-state index contributed by atoms with van der Waals surface area (Å²) in [6.45, 7) is -0.417. The average Bonchev–Trinajstić information content (AvgIpc) is 2.75. The fourth-order valence-corrected chi connectivity index (χ4v) is 2.85. The lowest BCUT2D eigenvalue weighted by molar-refractivity contribution is -0.119. The van der Waals surface area contributed by atoms with Crippen LogP contribution < -0.4 is 16.0 Å². The Labute approximate surface area is 181 Å². The van der Waals surface area contributed by atoms with Gasteiger partial charge in [-0.05, 0) is 64.5 Å². The van der Waals surface area contributed by atoms with E-state index in [4.69, 9.17) is 4.74 Å². The first-order chi connectivity index (χ1) is 14.5. The fourth-order valence-electron chi connectivity index (χ4n) is 2.47. The molecular weight excluding hydrogens is 450 g/mol. The maximum atomic E-state index is 12.1. The van der Waals surface area contributed by atoms with Crippen LogP contribution in [0, 0.1) is 0 Å². The van der Waals surface area contributed by atoms with Crippen molar-refractivity contribution in [3.8, 4) is 0 Å². The van der Waals surface area contributed by atoms with Gasteiger partial charge >= 0.3 is 12.0 Å². The average molecular weight is 468 g/mol. The SMILES string of the molecule is O=C(COC(=O)c1ccc(NC(=O)Nc2ccccc2)cc1)Nc1ccccc1Br. The first-order valence-electron chi connectivity index (χ1n) is 8.96. The molecule has 0 saturated heterocycles. The first kappa shape index (κ1) is 21.1. The van der Waals surface area contributed by atoms with Gasteiger partial charge in [-0.2, -0.15) is 0 Å². The number of carbonyl (C=O) groups is 3. The van der Waals surface area contributed by atoms with E-state index in [1.54, 1.807) is 42.5 Å². The topological polar surface area (TPSA) is 96.5 Å². The minimum atomic E-state index is -0.641. The van der Waals surface area contributed by atoms with Crippen LogP contribution in [0.4, 0.5) is 21.9 Å². The molecule has 3 aromatic carbocycles. The van der Waals surface area contributed by atoms with Crippen molar-refractivity contribution in [2.75, 3.05) is 22.6 Å². The van der Waals surface area contributed by atoms with Crippen molar-refractivity contribution >= 4 is 50.9 Å². The second kappa shape index (κ2) is 10.2. The number of halogens is 1. The van der Waals surface area contributed by atoms with Gasteiger partial charge in [-0.25, -0.2) is 9.59 Å². The van der Waals surface area contributed by atoms with E-state index >= 15 is 0 Å². The van der Waals surface area contributed by atoms with Crippen molar-refractivity contribution in [1.29, 1.82) is 0 Å². The quantitative estimate of drug-likeness (QED) is 0.449. The molecule has 0 unspecified atom stereocenters. The third-order valence-electron chi connectivity index (χ3n) is 3.89. The Hall–Kier alpha value is -3.65. The summed E-state index contributed by atoms with van der Waals surface area (Å²) in [4.78, 5) is 36.1. The van der Waals surface area contributed by atoms with E-state index in [0.29, 0.717) is 17.1 Å². The van der Waals surface area contributed by atoms with Gasteiger partial charge in [-0.1, -0.05) is 30.3 Å². The number of ether oxygens (including phenoxy) is 1. The highest BCUT2D eigenvalue weighted by atomic mass is 79.9. The smallest absolute Gasteiger partial charge is 0.338 e. The molecule has 0 aromatic heterocycles. The summed E-state index contributed by atoms with van der Waals surface area (Å²) in [5, 5.41) is 8.01. The monoisotopic (exact) mass is 467 g/mol. The fraction of sp³-hybridized carbons (Fsp3) is 0.0455. The van der Waals surface area contributed by atoms with E-state index < -0.39 is 24.5 Å². The van der Waals surface area contributed by atoms with Gasteiger partial charge in [-0.15, -0.1) is 0 Å². The molecule has 0 bridgehead atoms. The van der Waals surface area contributed by atoms with Crippen LogP contribution in [-0.4, -0.2) is 24.5 Å². The molecule has 0 aliphatic carbocycles. The van der Waals surface area contributed by atoms with Gasteiger partial charge in [0.1, 0.15) is 0 Å². The van der Waals surface area contributed by atoms with E-state index in [0.717, 1.165) is 4.47 Å². The molecule has 0 atom stereocenters. The van der Waals surface area contributed by atoms with Crippen molar-refractivity contribution in [2.24, 2.45) is 0 Å². The summed E-state index contributed by atoms with van der Waals surface area (Å²) in [6, 6.07) is 21.9. The third-order valence-corrected chi connectivity index (χ3v) is 4.58. The lowest BCUT2D eigenvalue weighted by atomic mass is 10.2. The van der Waals surface area contributed by atoms with Crippen LogP contribution in [-0.2, 0) is 9.53 Å². The highest BCUT2D eigenvalue weighted by molar-refractivity contribution is 9.10. The number of para-hydroxylation sites is 2. The normalized spacial score (nSPS) is 10.0. The van der Waals surface area contributed by atoms with Crippen molar-refractivity contribution < 1.29 is 19.1 Å². The number of hydrogen-bond donors (Lipinski definition) is 3. The Morgan fingerprint density at radius 1 is 0.733 bits per heavy atom. The summed E-state index contributed by atoms with van der Waals surface area (Å²) in [6.07, 6.45) is 0. The highest BCUT2D eigenvalue weighted by Crippen LogP contribution is 2.21. The standard InChI is InChI=1S/C22H18BrN3O4/c23-18-8-4-5-9-19(18)26-20(27)14-30-21(28)15-10-12-17(13-11-15)25-22(29)24-16-6-2-1-3-7-16/h1-13H,14H2,(H,26,27)(H2,24,25,29).